The Hall–Kier alpha value is -1.10. The molecule has 1 aromatic rings. The van der Waals surface area contributed by atoms with Gasteiger partial charge in [0.25, 0.3) is 0 Å². The maximum absolute atomic E-state index is 10.9. The molecule has 116 valence electrons. The van der Waals surface area contributed by atoms with Gasteiger partial charge in [0.2, 0.25) is 0 Å². The Balaban J connectivity index is 1.85. The molecule has 0 radical (unpaired) electrons. The number of hydrogen-bond acceptors (Lipinski definition) is 4. The lowest BCUT2D eigenvalue weighted by atomic mass is 9.68. The molecule has 0 aromatic heterocycles. The summed E-state index contributed by atoms with van der Waals surface area (Å²) in [6.07, 6.45) is 2.81. The van der Waals surface area contributed by atoms with Crippen molar-refractivity contribution in [2.45, 2.75) is 57.5 Å². The second-order valence-electron chi connectivity index (χ2n) is 6.61. The summed E-state index contributed by atoms with van der Waals surface area (Å²) in [4.78, 5) is 0. The standard InChI is InChI=1S/C17H25NO3/c1-11(2)20-13-5-3-4-12(8-13)16(19)17(10-18)9-14-6-7-15(17)21-14/h3-5,8,11,14-16,19H,6-7,9-10,18H2,1-2H3. The van der Waals surface area contributed by atoms with Gasteiger partial charge in [-0.05, 0) is 50.8 Å². The van der Waals surface area contributed by atoms with Gasteiger partial charge in [-0.1, -0.05) is 12.1 Å². The highest BCUT2D eigenvalue weighted by molar-refractivity contribution is 5.32. The summed E-state index contributed by atoms with van der Waals surface area (Å²) in [6.45, 7) is 4.44. The lowest BCUT2D eigenvalue weighted by Gasteiger charge is -2.38. The van der Waals surface area contributed by atoms with Crippen LogP contribution in [0.25, 0.3) is 0 Å². The van der Waals surface area contributed by atoms with Gasteiger partial charge in [0, 0.05) is 12.0 Å². The topological polar surface area (TPSA) is 64.7 Å². The molecule has 4 atom stereocenters. The molecule has 2 bridgehead atoms. The lowest BCUT2D eigenvalue weighted by Crippen LogP contribution is -2.44. The number of aliphatic hydroxyl groups excluding tert-OH is 1. The zero-order valence-electron chi connectivity index (χ0n) is 12.8. The van der Waals surface area contributed by atoms with E-state index in [0.29, 0.717) is 6.54 Å². The number of rotatable bonds is 5. The smallest absolute Gasteiger partial charge is 0.120 e. The number of aliphatic hydroxyl groups is 1. The van der Waals surface area contributed by atoms with Crippen molar-refractivity contribution in [3.05, 3.63) is 29.8 Å². The molecular weight excluding hydrogens is 266 g/mol. The zero-order valence-corrected chi connectivity index (χ0v) is 12.8. The fourth-order valence-electron chi connectivity index (χ4n) is 3.81. The molecular formula is C17H25NO3. The molecule has 3 rings (SSSR count). The van der Waals surface area contributed by atoms with Gasteiger partial charge in [-0.3, -0.25) is 0 Å². The summed E-state index contributed by atoms with van der Waals surface area (Å²) >= 11 is 0. The highest BCUT2D eigenvalue weighted by atomic mass is 16.5. The highest BCUT2D eigenvalue weighted by Gasteiger charge is 2.55. The van der Waals surface area contributed by atoms with Crippen molar-refractivity contribution in [2.75, 3.05) is 6.54 Å². The molecule has 21 heavy (non-hydrogen) atoms. The molecule has 2 aliphatic heterocycles. The lowest BCUT2D eigenvalue weighted by molar-refractivity contribution is -0.0265. The molecule has 2 fully saturated rings. The Kier molecular flexibility index (Phi) is 3.95. The van der Waals surface area contributed by atoms with Crippen LogP contribution >= 0.6 is 0 Å². The molecule has 3 N–H and O–H groups in total. The van der Waals surface area contributed by atoms with Crippen LogP contribution in [-0.2, 0) is 4.74 Å². The van der Waals surface area contributed by atoms with Crippen LogP contribution in [0.1, 0.15) is 44.8 Å². The highest BCUT2D eigenvalue weighted by Crippen LogP contribution is 2.53. The number of benzene rings is 1. The fraction of sp³-hybridized carbons (Fsp3) is 0.647. The zero-order chi connectivity index (χ0) is 15.0. The van der Waals surface area contributed by atoms with E-state index in [-0.39, 0.29) is 23.7 Å². The van der Waals surface area contributed by atoms with E-state index in [0.717, 1.165) is 30.6 Å². The third-order valence-corrected chi connectivity index (χ3v) is 4.83. The fourth-order valence-corrected chi connectivity index (χ4v) is 3.81. The first-order valence-electron chi connectivity index (χ1n) is 7.85. The van der Waals surface area contributed by atoms with Crippen molar-refractivity contribution in [1.82, 2.24) is 0 Å². The van der Waals surface area contributed by atoms with Crippen LogP contribution in [0.4, 0.5) is 0 Å². The van der Waals surface area contributed by atoms with E-state index in [1.807, 2.05) is 38.1 Å². The van der Waals surface area contributed by atoms with Crippen LogP contribution < -0.4 is 10.5 Å². The third kappa shape index (κ3) is 2.56. The van der Waals surface area contributed by atoms with E-state index in [2.05, 4.69) is 0 Å². The van der Waals surface area contributed by atoms with Crippen molar-refractivity contribution in [2.24, 2.45) is 11.1 Å². The number of hydrogen-bond donors (Lipinski definition) is 2. The van der Waals surface area contributed by atoms with E-state index in [1.54, 1.807) is 0 Å². The van der Waals surface area contributed by atoms with Crippen molar-refractivity contribution in [3.63, 3.8) is 0 Å². The minimum atomic E-state index is -0.603. The van der Waals surface area contributed by atoms with Gasteiger partial charge in [0.1, 0.15) is 5.75 Å². The third-order valence-electron chi connectivity index (χ3n) is 4.83. The molecule has 0 spiro atoms. The molecule has 4 heteroatoms. The molecule has 2 heterocycles. The summed E-state index contributed by atoms with van der Waals surface area (Å²) < 4.78 is 11.7. The van der Waals surface area contributed by atoms with Crippen molar-refractivity contribution < 1.29 is 14.6 Å². The maximum Gasteiger partial charge on any atom is 0.120 e. The SMILES string of the molecule is CC(C)Oc1cccc(C(O)C2(CN)CC3CCC2O3)c1. The Labute approximate surface area is 126 Å². The predicted octanol–water partition coefficient (Wildman–Crippen LogP) is 2.40. The second kappa shape index (κ2) is 5.59. The van der Waals surface area contributed by atoms with Crippen molar-refractivity contribution >= 4 is 0 Å². The maximum atomic E-state index is 10.9. The first-order chi connectivity index (χ1) is 10.0. The van der Waals surface area contributed by atoms with E-state index in [1.165, 1.54) is 0 Å². The molecule has 1 aromatic carbocycles. The summed E-state index contributed by atoms with van der Waals surface area (Å²) in [5, 5.41) is 10.9. The van der Waals surface area contributed by atoms with Gasteiger partial charge in [-0.25, -0.2) is 0 Å². The molecule has 0 saturated carbocycles. The Morgan fingerprint density at radius 2 is 2.24 bits per heavy atom. The summed E-state index contributed by atoms with van der Waals surface area (Å²) in [7, 11) is 0. The van der Waals surface area contributed by atoms with Gasteiger partial charge in [0.05, 0.1) is 24.4 Å². The molecule has 4 nitrogen and oxygen atoms in total. The van der Waals surface area contributed by atoms with Crippen LogP contribution in [0.5, 0.6) is 5.75 Å². The van der Waals surface area contributed by atoms with E-state index in [9.17, 15) is 5.11 Å². The second-order valence-corrected chi connectivity index (χ2v) is 6.61. The monoisotopic (exact) mass is 291 g/mol. The Bertz CT molecular complexity index is 505. The average molecular weight is 291 g/mol. The number of fused-ring (bicyclic) bond motifs is 2. The van der Waals surface area contributed by atoms with Gasteiger partial charge >= 0.3 is 0 Å². The van der Waals surface area contributed by atoms with Gasteiger partial charge < -0.3 is 20.3 Å². The van der Waals surface area contributed by atoms with Crippen LogP contribution in [0.3, 0.4) is 0 Å². The van der Waals surface area contributed by atoms with Crippen LogP contribution in [0, 0.1) is 5.41 Å². The molecule has 4 unspecified atom stereocenters. The van der Waals surface area contributed by atoms with Crippen LogP contribution in [0.2, 0.25) is 0 Å². The Morgan fingerprint density at radius 3 is 2.81 bits per heavy atom. The quantitative estimate of drug-likeness (QED) is 0.874. The van der Waals surface area contributed by atoms with Crippen LogP contribution in [0.15, 0.2) is 24.3 Å². The largest absolute Gasteiger partial charge is 0.491 e. The molecule has 0 aliphatic carbocycles. The van der Waals surface area contributed by atoms with Crippen molar-refractivity contribution in [1.29, 1.82) is 0 Å². The molecule has 2 aliphatic rings. The Morgan fingerprint density at radius 1 is 1.43 bits per heavy atom. The van der Waals surface area contributed by atoms with Gasteiger partial charge in [-0.15, -0.1) is 0 Å². The normalized spacial score (nSPS) is 32.6. The summed E-state index contributed by atoms with van der Waals surface area (Å²) in [5.41, 5.74) is 6.56. The minimum Gasteiger partial charge on any atom is -0.491 e. The number of nitrogens with two attached hydrogens (primary N) is 1. The summed E-state index contributed by atoms with van der Waals surface area (Å²) in [5.74, 6) is 0.790. The first kappa shape index (κ1) is 14.8. The van der Waals surface area contributed by atoms with Gasteiger partial charge in [-0.2, -0.15) is 0 Å². The van der Waals surface area contributed by atoms with E-state index < -0.39 is 6.10 Å². The minimum absolute atomic E-state index is 0.0807. The van der Waals surface area contributed by atoms with Crippen molar-refractivity contribution in [3.8, 4) is 5.75 Å². The number of ether oxygens (including phenoxy) is 2. The van der Waals surface area contributed by atoms with E-state index in [4.69, 9.17) is 15.2 Å². The predicted molar refractivity (Wildman–Crippen MR) is 81.2 cm³/mol. The average Bonchev–Trinajstić information content (AvgIpc) is 3.07. The molecule has 2 saturated heterocycles. The summed E-state index contributed by atoms with van der Waals surface area (Å²) in [6, 6.07) is 7.71. The first-order valence-corrected chi connectivity index (χ1v) is 7.85. The van der Waals surface area contributed by atoms with E-state index >= 15 is 0 Å². The van der Waals surface area contributed by atoms with Crippen LogP contribution in [-0.4, -0.2) is 30.0 Å². The van der Waals surface area contributed by atoms with Gasteiger partial charge in [0.15, 0.2) is 0 Å². The molecule has 0 amide bonds.